The number of hydrogen-bond donors (Lipinski definition) is 1. The molecule has 13 heavy (non-hydrogen) atoms. The van der Waals surface area contributed by atoms with Crippen LogP contribution in [0.2, 0.25) is 0 Å². The smallest absolute Gasteiger partial charge is 0.0550 e. The Morgan fingerprint density at radius 3 is 2.92 bits per heavy atom. The average molecular weight is 179 g/mol. The standard InChI is InChI=1S/C10H17N3/c1-8-3-4-9(11-7-8)10-5-6-12-13(10)2/h5-6,8-9,11H,3-4,7H2,1-2H3/t8-,9+/m1/s1. The normalized spacial score (nSPS) is 29.1. The van der Waals surface area contributed by atoms with Gasteiger partial charge < -0.3 is 5.32 Å². The quantitative estimate of drug-likeness (QED) is 0.707. The van der Waals surface area contributed by atoms with Crippen molar-refractivity contribution >= 4 is 0 Å². The maximum Gasteiger partial charge on any atom is 0.0550 e. The van der Waals surface area contributed by atoms with Gasteiger partial charge in [0.15, 0.2) is 0 Å². The maximum atomic E-state index is 4.19. The molecule has 72 valence electrons. The van der Waals surface area contributed by atoms with Gasteiger partial charge in [0.25, 0.3) is 0 Å². The van der Waals surface area contributed by atoms with Crippen molar-refractivity contribution in [2.45, 2.75) is 25.8 Å². The summed E-state index contributed by atoms with van der Waals surface area (Å²) >= 11 is 0. The Morgan fingerprint density at radius 1 is 1.54 bits per heavy atom. The minimum atomic E-state index is 0.517. The minimum absolute atomic E-state index is 0.517. The number of nitrogens with zero attached hydrogens (tertiary/aromatic N) is 2. The van der Waals surface area contributed by atoms with Gasteiger partial charge in [-0.25, -0.2) is 0 Å². The Bertz CT molecular complexity index is 271. The summed E-state index contributed by atoms with van der Waals surface area (Å²) in [7, 11) is 2.01. The number of piperidine rings is 1. The fourth-order valence-electron chi connectivity index (χ4n) is 1.98. The summed E-state index contributed by atoms with van der Waals surface area (Å²) < 4.78 is 1.97. The largest absolute Gasteiger partial charge is 0.308 e. The van der Waals surface area contributed by atoms with Gasteiger partial charge in [0.2, 0.25) is 0 Å². The molecule has 0 spiro atoms. The molecule has 1 aromatic rings. The molecule has 1 N–H and O–H groups in total. The molecule has 1 saturated heterocycles. The highest BCUT2D eigenvalue weighted by molar-refractivity contribution is 5.07. The summed E-state index contributed by atoms with van der Waals surface area (Å²) in [6.45, 7) is 3.43. The van der Waals surface area contributed by atoms with E-state index in [1.807, 2.05) is 17.9 Å². The van der Waals surface area contributed by atoms with Gasteiger partial charge in [-0.05, 0) is 31.4 Å². The zero-order chi connectivity index (χ0) is 9.26. The Kier molecular flexibility index (Phi) is 2.36. The third-order valence-corrected chi connectivity index (χ3v) is 2.88. The Hall–Kier alpha value is -0.830. The molecule has 1 fully saturated rings. The Morgan fingerprint density at radius 2 is 2.38 bits per heavy atom. The summed E-state index contributed by atoms with van der Waals surface area (Å²) in [6.07, 6.45) is 4.43. The van der Waals surface area contributed by atoms with Crippen molar-refractivity contribution in [3.8, 4) is 0 Å². The van der Waals surface area contributed by atoms with E-state index in [0.717, 1.165) is 12.5 Å². The molecule has 0 aliphatic carbocycles. The Labute approximate surface area is 79.1 Å². The van der Waals surface area contributed by atoms with Crippen LogP contribution in [0.15, 0.2) is 12.3 Å². The van der Waals surface area contributed by atoms with Gasteiger partial charge in [0.05, 0.1) is 5.69 Å². The van der Waals surface area contributed by atoms with Crippen LogP contribution in [0.4, 0.5) is 0 Å². The third-order valence-electron chi connectivity index (χ3n) is 2.88. The lowest BCUT2D eigenvalue weighted by atomic mass is 9.95. The average Bonchev–Trinajstić information content (AvgIpc) is 2.53. The second-order valence-corrected chi connectivity index (χ2v) is 4.02. The molecule has 3 nitrogen and oxygen atoms in total. The fourth-order valence-corrected chi connectivity index (χ4v) is 1.98. The molecule has 1 aromatic heterocycles. The van der Waals surface area contributed by atoms with Crippen molar-refractivity contribution in [3.05, 3.63) is 18.0 Å². The summed E-state index contributed by atoms with van der Waals surface area (Å²) in [4.78, 5) is 0. The number of rotatable bonds is 1. The third kappa shape index (κ3) is 1.75. The highest BCUT2D eigenvalue weighted by Gasteiger charge is 2.20. The Balaban J connectivity index is 2.06. The van der Waals surface area contributed by atoms with Crippen LogP contribution in [0.25, 0.3) is 0 Å². The summed E-state index contributed by atoms with van der Waals surface area (Å²) in [6, 6.07) is 2.62. The van der Waals surface area contributed by atoms with Crippen molar-refractivity contribution in [3.63, 3.8) is 0 Å². The van der Waals surface area contributed by atoms with Crippen LogP contribution in [0, 0.1) is 5.92 Å². The lowest BCUT2D eigenvalue weighted by Crippen LogP contribution is -2.32. The molecule has 2 atom stereocenters. The topological polar surface area (TPSA) is 29.9 Å². The van der Waals surface area contributed by atoms with E-state index in [4.69, 9.17) is 0 Å². The van der Waals surface area contributed by atoms with Crippen molar-refractivity contribution in [1.82, 2.24) is 15.1 Å². The molecular weight excluding hydrogens is 162 g/mol. The molecule has 0 saturated carbocycles. The van der Waals surface area contributed by atoms with E-state index in [1.165, 1.54) is 18.5 Å². The number of aryl methyl sites for hydroxylation is 1. The van der Waals surface area contributed by atoms with Gasteiger partial charge in [0.1, 0.15) is 0 Å². The monoisotopic (exact) mass is 179 g/mol. The van der Waals surface area contributed by atoms with Crippen LogP contribution >= 0.6 is 0 Å². The first kappa shape index (κ1) is 8.75. The first-order chi connectivity index (χ1) is 6.27. The van der Waals surface area contributed by atoms with Crippen LogP contribution < -0.4 is 5.32 Å². The van der Waals surface area contributed by atoms with Gasteiger partial charge in [-0.1, -0.05) is 6.92 Å². The van der Waals surface area contributed by atoms with Crippen LogP contribution in [-0.4, -0.2) is 16.3 Å². The first-order valence-electron chi connectivity index (χ1n) is 4.98. The van der Waals surface area contributed by atoms with E-state index in [-0.39, 0.29) is 0 Å². The summed E-state index contributed by atoms with van der Waals surface area (Å²) in [5, 5.41) is 7.74. The molecule has 3 heteroatoms. The summed E-state index contributed by atoms with van der Waals surface area (Å²) in [5.74, 6) is 0.824. The molecule has 0 unspecified atom stereocenters. The zero-order valence-corrected chi connectivity index (χ0v) is 8.33. The van der Waals surface area contributed by atoms with Crippen LogP contribution in [-0.2, 0) is 7.05 Å². The maximum absolute atomic E-state index is 4.19. The predicted octanol–water partition coefficient (Wildman–Crippen LogP) is 1.48. The SMILES string of the molecule is C[C@@H]1CC[C@@H](c2ccnn2C)NC1. The second-order valence-electron chi connectivity index (χ2n) is 4.02. The highest BCUT2D eigenvalue weighted by Crippen LogP contribution is 2.24. The van der Waals surface area contributed by atoms with Crippen LogP contribution in [0.5, 0.6) is 0 Å². The van der Waals surface area contributed by atoms with Gasteiger partial charge in [-0.3, -0.25) is 4.68 Å². The van der Waals surface area contributed by atoms with E-state index in [0.29, 0.717) is 6.04 Å². The fraction of sp³-hybridized carbons (Fsp3) is 0.700. The van der Waals surface area contributed by atoms with Gasteiger partial charge in [-0.2, -0.15) is 5.10 Å². The van der Waals surface area contributed by atoms with E-state index >= 15 is 0 Å². The molecule has 1 aliphatic rings. The number of nitrogens with one attached hydrogen (secondary N) is 1. The van der Waals surface area contributed by atoms with Gasteiger partial charge >= 0.3 is 0 Å². The summed E-state index contributed by atoms with van der Waals surface area (Å²) in [5.41, 5.74) is 1.31. The highest BCUT2D eigenvalue weighted by atomic mass is 15.3. The lowest BCUT2D eigenvalue weighted by Gasteiger charge is -2.27. The van der Waals surface area contributed by atoms with Crippen molar-refractivity contribution < 1.29 is 0 Å². The van der Waals surface area contributed by atoms with Crippen molar-refractivity contribution in [2.24, 2.45) is 13.0 Å². The van der Waals surface area contributed by atoms with E-state index in [2.05, 4.69) is 23.4 Å². The van der Waals surface area contributed by atoms with Crippen LogP contribution in [0.1, 0.15) is 31.5 Å². The molecular formula is C10H17N3. The number of aromatic nitrogens is 2. The van der Waals surface area contributed by atoms with Crippen molar-refractivity contribution in [1.29, 1.82) is 0 Å². The molecule has 2 heterocycles. The van der Waals surface area contributed by atoms with Crippen molar-refractivity contribution in [2.75, 3.05) is 6.54 Å². The van der Waals surface area contributed by atoms with E-state index < -0.39 is 0 Å². The zero-order valence-electron chi connectivity index (χ0n) is 8.33. The first-order valence-corrected chi connectivity index (χ1v) is 4.98. The molecule has 1 aliphatic heterocycles. The molecule has 0 aromatic carbocycles. The molecule has 0 bridgehead atoms. The number of hydrogen-bond acceptors (Lipinski definition) is 2. The predicted molar refractivity (Wildman–Crippen MR) is 52.3 cm³/mol. The lowest BCUT2D eigenvalue weighted by molar-refractivity contribution is 0.322. The van der Waals surface area contributed by atoms with E-state index in [9.17, 15) is 0 Å². The molecule has 2 rings (SSSR count). The van der Waals surface area contributed by atoms with E-state index in [1.54, 1.807) is 0 Å². The minimum Gasteiger partial charge on any atom is -0.308 e. The molecule has 0 radical (unpaired) electrons. The van der Waals surface area contributed by atoms with Crippen LogP contribution in [0.3, 0.4) is 0 Å². The molecule has 0 amide bonds. The second kappa shape index (κ2) is 3.50. The van der Waals surface area contributed by atoms with Gasteiger partial charge in [0, 0.05) is 19.3 Å². The van der Waals surface area contributed by atoms with Gasteiger partial charge in [-0.15, -0.1) is 0 Å².